The van der Waals surface area contributed by atoms with E-state index in [9.17, 15) is 73.5 Å². The van der Waals surface area contributed by atoms with Crippen LogP contribution < -0.4 is 70.8 Å². The van der Waals surface area contributed by atoms with Crippen molar-refractivity contribution in [3.63, 3.8) is 0 Å². The van der Waals surface area contributed by atoms with Crippen LogP contribution in [0.5, 0.6) is 0 Å². The quantitative estimate of drug-likeness (QED) is 0.0177. The number of aliphatic carboxylic acids is 1. The van der Waals surface area contributed by atoms with E-state index in [-0.39, 0.29) is 44.7 Å². The maximum Gasteiger partial charge on any atom is 0.326 e. The molecule has 0 radical (unpaired) electrons. The second kappa shape index (κ2) is 32.6. The van der Waals surface area contributed by atoms with E-state index < -0.39 is 147 Å². The molecule has 0 saturated carbocycles. The SMILES string of the molecule is C[C@@H](O)[C@H](NC(=O)[C@H](CCCCN)NC(=O)[C@H](CCCN=C(N)N)NC(=O)[C@@H](N)CO)C(=O)NCC(=O)NCC(=O)N[C@@H](CO)C(=O)NCC(=O)N[C@@H](CO)C(=O)N[C@@H](Cc1ccccc1)C(=O)O. The molecule has 0 heterocycles. The van der Waals surface area contributed by atoms with Gasteiger partial charge in [0.05, 0.1) is 45.6 Å². The van der Waals surface area contributed by atoms with E-state index in [0.29, 0.717) is 18.4 Å². The van der Waals surface area contributed by atoms with Crippen molar-refractivity contribution in [1.82, 2.24) is 47.9 Å². The number of aliphatic hydroxyl groups is 4. The molecule has 0 aromatic heterocycles. The summed E-state index contributed by atoms with van der Waals surface area (Å²) in [6, 6.07) is -2.02. The number of guanidine groups is 1. The highest BCUT2D eigenvalue weighted by Crippen LogP contribution is 2.07. The Balaban J connectivity index is 2.78. The third kappa shape index (κ3) is 24.0. The van der Waals surface area contributed by atoms with Gasteiger partial charge in [0.1, 0.15) is 42.3 Å². The molecule has 0 spiro atoms. The van der Waals surface area contributed by atoms with Gasteiger partial charge < -0.3 is 96.3 Å². The third-order valence-corrected chi connectivity index (χ3v) is 9.61. The Morgan fingerprint density at radius 1 is 0.580 bits per heavy atom. The van der Waals surface area contributed by atoms with E-state index in [1.807, 2.05) is 0 Å². The number of hydrogen-bond acceptors (Lipinski definition) is 17. The summed E-state index contributed by atoms with van der Waals surface area (Å²) in [7, 11) is 0. The van der Waals surface area contributed by atoms with E-state index in [4.69, 9.17) is 22.9 Å². The molecule has 0 saturated heterocycles. The highest BCUT2D eigenvalue weighted by Gasteiger charge is 2.33. The van der Waals surface area contributed by atoms with E-state index in [1.54, 1.807) is 30.3 Å². The van der Waals surface area contributed by atoms with Crippen molar-refractivity contribution in [3.05, 3.63) is 35.9 Å². The first-order valence-electron chi connectivity index (χ1n) is 21.6. The van der Waals surface area contributed by atoms with Gasteiger partial charge in [-0.15, -0.1) is 0 Å². The molecule has 69 heavy (non-hydrogen) atoms. The van der Waals surface area contributed by atoms with Crippen LogP contribution >= 0.6 is 0 Å². The zero-order chi connectivity index (χ0) is 52.1. The summed E-state index contributed by atoms with van der Waals surface area (Å²) in [6.45, 7) is -3.60. The van der Waals surface area contributed by atoms with Crippen LogP contribution in [0.15, 0.2) is 35.3 Å². The molecule has 0 aliphatic heterocycles. The predicted octanol–water partition coefficient (Wildman–Crippen LogP) is -9.56. The van der Waals surface area contributed by atoms with Crippen molar-refractivity contribution in [2.24, 2.45) is 27.9 Å². The molecule has 0 bridgehead atoms. The molecule has 1 aromatic rings. The van der Waals surface area contributed by atoms with Gasteiger partial charge in [0.15, 0.2) is 5.96 Å². The number of aliphatic hydroxyl groups excluding tert-OH is 4. The van der Waals surface area contributed by atoms with Crippen LogP contribution in [0.4, 0.5) is 0 Å². The second-order valence-corrected chi connectivity index (χ2v) is 15.3. The van der Waals surface area contributed by atoms with Crippen LogP contribution in [0.2, 0.25) is 0 Å². The monoisotopic (exact) mass is 982 g/mol. The Hall–Kier alpha value is -7.05. The largest absolute Gasteiger partial charge is 0.480 e. The summed E-state index contributed by atoms with van der Waals surface area (Å²) in [5.74, 6) is -10.4. The van der Waals surface area contributed by atoms with E-state index in [1.165, 1.54) is 0 Å². The Labute approximate surface area is 396 Å². The van der Waals surface area contributed by atoms with Crippen LogP contribution in [0.1, 0.15) is 44.6 Å². The van der Waals surface area contributed by atoms with Gasteiger partial charge in [-0.3, -0.25) is 48.1 Å². The zero-order valence-corrected chi connectivity index (χ0v) is 38.0. The molecular weight excluding hydrogens is 917 g/mol. The maximum absolute atomic E-state index is 13.5. The number of nitrogens with zero attached hydrogens (tertiary/aromatic N) is 1. The van der Waals surface area contributed by atoms with Gasteiger partial charge in [-0.05, 0) is 51.1 Å². The number of unbranched alkanes of at least 4 members (excludes halogenated alkanes) is 1. The molecule has 29 nitrogen and oxygen atoms in total. The molecule has 29 heteroatoms. The number of rotatable bonds is 33. The number of benzene rings is 1. The van der Waals surface area contributed by atoms with Crippen LogP contribution in [-0.2, 0) is 54.4 Å². The summed E-state index contributed by atoms with van der Waals surface area (Å²) in [6.07, 6.45) is -0.768. The van der Waals surface area contributed by atoms with Crippen LogP contribution in [0.3, 0.4) is 0 Å². The van der Waals surface area contributed by atoms with Gasteiger partial charge in [-0.1, -0.05) is 30.3 Å². The Kier molecular flexibility index (Phi) is 28.3. The minimum atomic E-state index is -1.69. The zero-order valence-electron chi connectivity index (χ0n) is 38.0. The first-order chi connectivity index (χ1) is 32.7. The minimum absolute atomic E-state index is 0.00835. The number of aliphatic imine (C=N–C) groups is 1. The Morgan fingerprint density at radius 2 is 1.07 bits per heavy atom. The first kappa shape index (κ1) is 60.0. The molecule has 8 atom stereocenters. The Morgan fingerprint density at radius 3 is 1.61 bits per heavy atom. The number of carbonyl (C=O) groups is 10. The lowest BCUT2D eigenvalue weighted by Gasteiger charge is -2.26. The third-order valence-electron chi connectivity index (χ3n) is 9.61. The van der Waals surface area contributed by atoms with Gasteiger partial charge in [0, 0.05) is 13.0 Å². The number of carboxylic acid groups (broad SMARTS) is 1. The molecule has 0 fully saturated rings. The van der Waals surface area contributed by atoms with Crippen molar-refractivity contribution in [3.8, 4) is 0 Å². The van der Waals surface area contributed by atoms with Gasteiger partial charge in [0.2, 0.25) is 53.2 Å². The lowest BCUT2D eigenvalue weighted by molar-refractivity contribution is -0.142. The number of amides is 9. The molecule has 386 valence electrons. The lowest BCUT2D eigenvalue weighted by Crippen LogP contribution is -2.60. The van der Waals surface area contributed by atoms with Gasteiger partial charge in [0.25, 0.3) is 0 Å². The highest BCUT2D eigenvalue weighted by molar-refractivity contribution is 5.97. The highest BCUT2D eigenvalue weighted by atomic mass is 16.4. The van der Waals surface area contributed by atoms with E-state index in [0.717, 1.165) is 6.92 Å². The fourth-order valence-electron chi connectivity index (χ4n) is 5.84. The number of carbonyl (C=O) groups excluding carboxylic acids is 9. The van der Waals surface area contributed by atoms with Crippen molar-refractivity contribution in [2.75, 3.05) is 52.5 Å². The molecule has 1 rings (SSSR count). The van der Waals surface area contributed by atoms with Crippen molar-refractivity contribution in [1.29, 1.82) is 0 Å². The van der Waals surface area contributed by atoms with Gasteiger partial charge >= 0.3 is 5.97 Å². The van der Waals surface area contributed by atoms with E-state index in [2.05, 4.69) is 52.8 Å². The predicted molar refractivity (Wildman–Crippen MR) is 242 cm³/mol. The van der Waals surface area contributed by atoms with Crippen LogP contribution in [0, 0.1) is 0 Å². The van der Waals surface area contributed by atoms with Gasteiger partial charge in [-0.2, -0.15) is 0 Å². The van der Waals surface area contributed by atoms with E-state index >= 15 is 0 Å². The average Bonchev–Trinajstić information content (AvgIpc) is 3.31. The molecule has 9 amide bonds. The van der Waals surface area contributed by atoms with Crippen molar-refractivity contribution in [2.45, 2.75) is 93.8 Å². The molecule has 0 aliphatic rings. The van der Waals surface area contributed by atoms with Crippen molar-refractivity contribution < 1.29 is 73.5 Å². The Bertz CT molecular complexity index is 1910. The fraction of sp³-hybridized carbons (Fsp3) is 0.575. The molecule has 1 aromatic carbocycles. The number of nitrogens with two attached hydrogens (primary N) is 4. The summed E-state index contributed by atoms with van der Waals surface area (Å²) in [5, 5.41) is 68.7. The lowest BCUT2D eigenvalue weighted by atomic mass is 10.0. The average molecular weight is 983 g/mol. The minimum Gasteiger partial charge on any atom is -0.480 e. The molecular formula is C40H66N14O15. The normalized spacial score (nSPS) is 14.2. The fourth-order valence-corrected chi connectivity index (χ4v) is 5.84. The topological polar surface area (TPSA) is 497 Å². The number of carboxylic acids is 1. The smallest absolute Gasteiger partial charge is 0.326 e. The summed E-state index contributed by atoms with van der Waals surface area (Å²) >= 11 is 0. The van der Waals surface area contributed by atoms with Gasteiger partial charge in [-0.25, -0.2) is 4.79 Å². The standard InChI is InChI=1S/C40H66N14O15/c1-21(58)32(54-36(65)24(10-5-6-12-41)52-35(64)25(11-7-13-45-40(43)44)51-33(62)23(42)18-55)38(67)48-15-29(59)46-16-30(60)49-27(19-56)34(63)47-17-31(61)50-28(20-57)37(66)53-26(39(68)69)14-22-8-3-2-4-9-22/h2-4,8-9,21,23-28,32,55-58H,5-7,10-20,41-42H2,1H3,(H,46,59)(H,47,63)(H,48,67)(H,49,60)(H,50,61)(H,51,62)(H,52,64)(H,53,66)(H,54,65)(H,68,69)(H4,43,44,45)/t21-,23+,24+,25+,26+,27+,28+,32+/m1/s1. The summed E-state index contributed by atoms with van der Waals surface area (Å²) < 4.78 is 0. The van der Waals surface area contributed by atoms with Crippen LogP contribution in [0.25, 0.3) is 0 Å². The molecule has 22 N–H and O–H groups in total. The van der Waals surface area contributed by atoms with Crippen LogP contribution in [-0.4, -0.2) is 192 Å². The number of hydrogen-bond donors (Lipinski definition) is 18. The summed E-state index contributed by atoms with van der Waals surface area (Å²) in [4.78, 5) is 131. The first-order valence-corrected chi connectivity index (χ1v) is 21.6. The number of nitrogens with one attached hydrogen (secondary N) is 9. The molecule has 0 aliphatic carbocycles. The maximum atomic E-state index is 13.5. The molecule has 0 unspecified atom stereocenters. The second-order valence-electron chi connectivity index (χ2n) is 15.3. The summed E-state index contributed by atoms with van der Waals surface area (Å²) in [5.41, 5.74) is 22.4. The van der Waals surface area contributed by atoms with Crippen molar-refractivity contribution >= 4 is 65.1 Å².